The summed E-state index contributed by atoms with van der Waals surface area (Å²) in [4.78, 5) is 15.3. The van der Waals surface area contributed by atoms with E-state index < -0.39 is 0 Å². The molecule has 0 aromatic heterocycles. The highest BCUT2D eigenvalue weighted by Crippen LogP contribution is 2.35. The second-order valence-electron chi connectivity index (χ2n) is 7.08. The summed E-state index contributed by atoms with van der Waals surface area (Å²) in [5.41, 5.74) is 6.68. The Kier molecular flexibility index (Phi) is 5.21. The van der Waals surface area contributed by atoms with Crippen LogP contribution in [0, 0.1) is 11.8 Å². The van der Waals surface area contributed by atoms with Gasteiger partial charge in [0.25, 0.3) is 5.91 Å². The van der Waals surface area contributed by atoms with Gasteiger partial charge in [0.15, 0.2) is 0 Å². The Balaban J connectivity index is 1.82. The summed E-state index contributed by atoms with van der Waals surface area (Å²) < 4.78 is 5.32. The summed E-state index contributed by atoms with van der Waals surface area (Å²) in [5.74, 6) is 1.40. The molecule has 3 rings (SSSR count). The molecule has 1 aliphatic carbocycles. The maximum Gasteiger partial charge on any atom is 0.255 e. The minimum atomic E-state index is -0.125. The molecular formula is C18H26ClN3O2. The van der Waals surface area contributed by atoms with Gasteiger partial charge in [-0.05, 0) is 50.8 Å². The number of rotatable bonds is 3. The Morgan fingerprint density at radius 3 is 2.83 bits per heavy atom. The number of nitrogens with one attached hydrogen (secondary N) is 1. The molecular weight excluding hydrogens is 326 g/mol. The van der Waals surface area contributed by atoms with E-state index in [1.807, 2.05) is 0 Å². The molecule has 1 heterocycles. The number of hydrogen-bond acceptors (Lipinski definition) is 4. The Labute approximate surface area is 148 Å². The molecule has 1 saturated heterocycles. The highest BCUT2D eigenvalue weighted by atomic mass is 35.5. The number of methoxy groups -OCH3 is 1. The molecule has 2 bridgehead atoms. The van der Waals surface area contributed by atoms with Crippen molar-refractivity contribution in [1.29, 1.82) is 0 Å². The lowest BCUT2D eigenvalue weighted by Crippen LogP contribution is -2.48. The highest BCUT2D eigenvalue weighted by molar-refractivity contribution is 6.33. The van der Waals surface area contributed by atoms with Crippen molar-refractivity contribution in [2.24, 2.45) is 11.8 Å². The largest absolute Gasteiger partial charge is 0.496 e. The number of halogens is 1. The van der Waals surface area contributed by atoms with Gasteiger partial charge in [-0.1, -0.05) is 18.0 Å². The van der Waals surface area contributed by atoms with Crippen molar-refractivity contribution < 1.29 is 9.53 Å². The fraction of sp³-hybridized carbons (Fsp3) is 0.611. The van der Waals surface area contributed by atoms with Gasteiger partial charge in [0, 0.05) is 18.7 Å². The molecule has 2 fully saturated rings. The van der Waals surface area contributed by atoms with Crippen LogP contribution >= 0.6 is 11.6 Å². The molecule has 24 heavy (non-hydrogen) atoms. The Morgan fingerprint density at radius 2 is 2.08 bits per heavy atom. The van der Waals surface area contributed by atoms with Gasteiger partial charge in [-0.2, -0.15) is 0 Å². The van der Waals surface area contributed by atoms with Crippen LogP contribution in [-0.2, 0) is 0 Å². The number of ether oxygens (including phenoxy) is 1. The van der Waals surface area contributed by atoms with E-state index in [2.05, 4.69) is 17.3 Å². The summed E-state index contributed by atoms with van der Waals surface area (Å²) in [6.45, 7) is 2.14. The average Bonchev–Trinajstić information content (AvgIpc) is 2.64. The van der Waals surface area contributed by atoms with Crippen LogP contribution in [0.15, 0.2) is 12.1 Å². The van der Waals surface area contributed by atoms with Crippen molar-refractivity contribution in [3.05, 3.63) is 22.7 Å². The Hall–Kier alpha value is -1.46. The number of fused-ring (bicyclic) bond motifs is 2. The van der Waals surface area contributed by atoms with Crippen LogP contribution in [0.5, 0.6) is 5.75 Å². The van der Waals surface area contributed by atoms with Gasteiger partial charge in [0.2, 0.25) is 0 Å². The molecule has 1 aromatic carbocycles. The fourth-order valence-electron chi connectivity index (χ4n) is 4.17. The van der Waals surface area contributed by atoms with Gasteiger partial charge >= 0.3 is 0 Å². The van der Waals surface area contributed by atoms with E-state index in [-0.39, 0.29) is 11.9 Å². The SMILES string of the molecule is COc1cc(N)c(Cl)cc1C(=O)N[C@H]1C2CCCC1CN(C)CC2. The second kappa shape index (κ2) is 7.19. The normalized spacial score (nSPS) is 27.4. The summed E-state index contributed by atoms with van der Waals surface area (Å²) in [5, 5.41) is 3.65. The molecule has 6 heteroatoms. The number of nitrogen functional groups attached to an aromatic ring is 1. The topological polar surface area (TPSA) is 67.6 Å². The predicted molar refractivity (Wildman–Crippen MR) is 96.6 cm³/mol. The van der Waals surface area contributed by atoms with E-state index in [0.29, 0.717) is 33.9 Å². The standard InChI is InChI=1S/C18H26ClN3O2/c1-22-7-6-11-4-3-5-12(10-22)17(11)21-18(23)13-8-14(19)15(20)9-16(13)24-2/h8-9,11-12,17H,3-7,10,20H2,1-2H3,(H,21,23)/t11?,12?,17-/m0/s1. The van der Waals surface area contributed by atoms with E-state index in [0.717, 1.165) is 19.5 Å². The summed E-state index contributed by atoms with van der Waals surface area (Å²) in [7, 11) is 3.71. The third kappa shape index (κ3) is 3.47. The minimum Gasteiger partial charge on any atom is -0.496 e. The van der Waals surface area contributed by atoms with E-state index in [9.17, 15) is 4.79 Å². The van der Waals surface area contributed by atoms with Crippen LogP contribution in [0.1, 0.15) is 36.0 Å². The average molecular weight is 352 g/mol. The smallest absolute Gasteiger partial charge is 0.255 e. The third-order valence-electron chi connectivity index (χ3n) is 5.45. The van der Waals surface area contributed by atoms with Gasteiger partial charge in [-0.25, -0.2) is 0 Å². The van der Waals surface area contributed by atoms with Gasteiger partial charge in [0.05, 0.1) is 23.4 Å². The Bertz CT molecular complexity index is 623. The molecule has 132 valence electrons. The first-order chi connectivity index (χ1) is 11.5. The molecule has 1 aliphatic heterocycles. The van der Waals surface area contributed by atoms with Crippen molar-refractivity contribution in [2.45, 2.75) is 31.7 Å². The number of amides is 1. The van der Waals surface area contributed by atoms with Crippen LogP contribution in [0.25, 0.3) is 0 Å². The van der Waals surface area contributed by atoms with E-state index in [1.165, 1.54) is 26.4 Å². The molecule has 1 aromatic rings. The van der Waals surface area contributed by atoms with Crippen molar-refractivity contribution in [3.63, 3.8) is 0 Å². The van der Waals surface area contributed by atoms with Gasteiger partial charge in [0.1, 0.15) is 5.75 Å². The molecule has 1 saturated carbocycles. The summed E-state index contributed by atoms with van der Waals surface area (Å²) in [6, 6.07) is 3.43. The highest BCUT2D eigenvalue weighted by Gasteiger charge is 2.37. The van der Waals surface area contributed by atoms with E-state index in [4.69, 9.17) is 22.1 Å². The molecule has 2 unspecified atom stereocenters. The van der Waals surface area contributed by atoms with Crippen LogP contribution in [-0.4, -0.2) is 44.1 Å². The molecule has 1 amide bonds. The number of nitrogens with two attached hydrogens (primary N) is 1. The number of carbonyl (C=O) groups excluding carboxylic acids is 1. The zero-order chi connectivity index (χ0) is 17.3. The lowest BCUT2D eigenvalue weighted by Gasteiger charge is -2.37. The summed E-state index contributed by atoms with van der Waals surface area (Å²) in [6.07, 6.45) is 4.75. The maximum atomic E-state index is 12.9. The number of nitrogens with zero attached hydrogens (tertiary/aromatic N) is 1. The number of anilines is 1. The first-order valence-corrected chi connectivity index (χ1v) is 8.99. The van der Waals surface area contributed by atoms with Crippen LogP contribution in [0.3, 0.4) is 0 Å². The molecule has 0 spiro atoms. The third-order valence-corrected chi connectivity index (χ3v) is 5.78. The summed E-state index contributed by atoms with van der Waals surface area (Å²) >= 11 is 6.10. The predicted octanol–water partition coefficient (Wildman–Crippen LogP) is 2.78. The second-order valence-corrected chi connectivity index (χ2v) is 7.48. The van der Waals surface area contributed by atoms with Crippen molar-refractivity contribution >= 4 is 23.2 Å². The molecule has 3 atom stereocenters. The van der Waals surface area contributed by atoms with E-state index in [1.54, 1.807) is 12.1 Å². The first kappa shape index (κ1) is 17.4. The lowest BCUT2D eigenvalue weighted by atomic mass is 9.76. The van der Waals surface area contributed by atoms with Crippen molar-refractivity contribution in [1.82, 2.24) is 10.2 Å². The number of likely N-dealkylation sites (tertiary alicyclic amines) is 1. The number of hydrogen-bond donors (Lipinski definition) is 2. The van der Waals surface area contributed by atoms with Gasteiger partial charge < -0.3 is 20.7 Å². The van der Waals surface area contributed by atoms with Crippen LogP contribution in [0.2, 0.25) is 5.02 Å². The molecule has 5 nitrogen and oxygen atoms in total. The zero-order valence-corrected chi connectivity index (χ0v) is 15.1. The maximum absolute atomic E-state index is 12.9. The van der Waals surface area contributed by atoms with Gasteiger partial charge in [-0.3, -0.25) is 4.79 Å². The zero-order valence-electron chi connectivity index (χ0n) is 14.3. The molecule has 2 aliphatic rings. The quantitative estimate of drug-likeness (QED) is 0.822. The van der Waals surface area contributed by atoms with Crippen LogP contribution < -0.4 is 15.8 Å². The molecule has 3 N–H and O–H groups in total. The fourth-order valence-corrected chi connectivity index (χ4v) is 4.34. The van der Waals surface area contributed by atoms with Gasteiger partial charge in [-0.15, -0.1) is 0 Å². The van der Waals surface area contributed by atoms with Crippen molar-refractivity contribution in [2.75, 3.05) is 33.0 Å². The first-order valence-electron chi connectivity index (χ1n) is 8.62. The van der Waals surface area contributed by atoms with Crippen molar-refractivity contribution in [3.8, 4) is 5.75 Å². The van der Waals surface area contributed by atoms with E-state index >= 15 is 0 Å². The minimum absolute atomic E-state index is 0.125. The Morgan fingerprint density at radius 1 is 1.33 bits per heavy atom. The molecule has 0 radical (unpaired) electrons. The monoisotopic (exact) mass is 351 g/mol. The van der Waals surface area contributed by atoms with Crippen LogP contribution in [0.4, 0.5) is 5.69 Å². The number of benzene rings is 1. The lowest BCUT2D eigenvalue weighted by molar-refractivity contribution is 0.0865. The number of carbonyl (C=O) groups is 1.